The number of methoxy groups -OCH3 is 1. The van der Waals surface area contributed by atoms with Gasteiger partial charge in [0.05, 0.1) is 13.2 Å². The second-order valence-electron chi connectivity index (χ2n) is 6.56. The number of aryl methyl sites for hydroxylation is 1. The van der Waals surface area contributed by atoms with E-state index in [-0.39, 0.29) is 18.9 Å². The number of ether oxygens (including phenoxy) is 1. The molecule has 0 amide bonds. The van der Waals surface area contributed by atoms with Gasteiger partial charge in [-0.25, -0.2) is 23.7 Å². The number of thiazole rings is 1. The smallest absolute Gasteiger partial charge is 0.248 e. The molecule has 1 atom stereocenters. The van der Waals surface area contributed by atoms with Gasteiger partial charge in [0.25, 0.3) is 0 Å². The zero-order chi connectivity index (χ0) is 18.9. The molecule has 0 aliphatic heterocycles. The number of alkyl halides is 2. The van der Waals surface area contributed by atoms with Crippen LogP contribution in [0, 0.1) is 6.92 Å². The zero-order valence-electron chi connectivity index (χ0n) is 14.9. The Balaban J connectivity index is 1.95. The van der Waals surface area contributed by atoms with E-state index in [0.29, 0.717) is 40.9 Å². The lowest BCUT2D eigenvalue weighted by Gasteiger charge is -2.29. The fourth-order valence-electron chi connectivity index (χ4n) is 2.98. The van der Waals surface area contributed by atoms with Gasteiger partial charge in [-0.05, 0) is 26.7 Å². The number of halogens is 2. The van der Waals surface area contributed by atoms with Crippen molar-refractivity contribution < 1.29 is 18.6 Å². The van der Waals surface area contributed by atoms with Crippen LogP contribution in [0.2, 0.25) is 0 Å². The molecule has 2 aromatic rings. The number of nitrogens with one attached hydrogen (secondary N) is 1. The first-order valence-corrected chi connectivity index (χ1v) is 9.38. The molecule has 2 N–H and O–H groups in total. The van der Waals surface area contributed by atoms with Crippen molar-refractivity contribution in [2.45, 2.75) is 57.6 Å². The number of hydrogen-bond donors (Lipinski definition) is 2. The summed E-state index contributed by atoms with van der Waals surface area (Å²) < 4.78 is 32.2. The van der Waals surface area contributed by atoms with Gasteiger partial charge in [-0.2, -0.15) is 0 Å². The van der Waals surface area contributed by atoms with Gasteiger partial charge in [-0.15, -0.1) is 11.3 Å². The molecule has 2 heterocycles. The average Bonchev–Trinajstić information content (AvgIpc) is 3.02. The molecule has 0 saturated heterocycles. The highest BCUT2D eigenvalue weighted by atomic mass is 32.1. The van der Waals surface area contributed by atoms with Gasteiger partial charge >= 0.3 is 0 Å². The SMILES string of the molecule is COc1c(NC2CCC(F)(F)CC2)nc(-c2nc(C)cs2)nc1C(C)O. The van der Waals surface area contributed by atoms with Crippen LogP contribution < -0.4 is 10.1 Å². The molecule has 9 heteroatoms. The lowest BCUT2D eigenvalue weighted by molar-refractivity contribution is -0.0361. The molecule has 1 fully saturated rings. The fraction of sp³-hybridized carbons (Fsp3) is 0.588. The van der Waals surface area contributed by atoms with Crippen LogP contribution in [0.3, 0.4) is 0 Å². The zero-order valence-corrected chi connectivity index (χ0v) is 15.7. The number of rotatable bonds is 5. The monoisotopic (exact) mass is 384 g/mol. The standard InChI is InChI=1S/C17H22F2N4O2S/c1-9-8-26-16(20-9)15-22-12(10(2)24)13(25-3)14(23-15)21-11-4-6-17(18,19)7-5-11/h8,10-11,24H,4-7H2,1-3H3,(H,21,22,23). The molecule has 1 aliphatic rings. The Hall–Kier alpha value is -1.87. The molecule has 1 aliphatic carbocycles. The quantitative estimate of drug-likeness (QED) is 0.812. The summed E-state index contributed by atoms with van der Waals surface area (Å²) in [7, 11) is 1.47. The predicted octanol–water partition coefficient (Wildman–Crippen LogP) is 3.96. The van der Waals surface area contributed by atoms with E-state index in [9.17, 15) is 13.9 Å². The molecule has 6 nitrogen and oxygen atoms in total. The number of anilines is 1. The van der Waals surface area contributed by atoms with Gasteiger partial charge in [0.1, 0.15) is 5.69 Å². The third kappa shape index (κ3) is 4.09. The first-order valence-electron chi connectivity index (χ1n) is 8.50. The highest BCUT2D eigenvalue weighted by Gasteiger charge is 2.35. The molecule has 26 heavy (non-hydrogen) atoms. The van der Waals surface area contributed by atoms with Crippen molar-refractivity contribution in [2.24, 2.45) is 0 Å². The highest BCUT2D eigenvalue weighted by molar-refractivity contribution is 7.13. The van der Waals surface area contributed by atoms with E-state index in [1.165, 1.54) is 18.4 Å². The normalized spacial score (nSPS) is 18.5. The minimum atomic E-state index is -2.59. The Bertz CT molecular complexity index is 772. The van der Waals surface area contributed by atoms with E-state index < -0.39 is 12.0 Å². The van der Waals surface area contributed by atoms with E-state index in [0.717, 1.165) is 5.69 Å². The Kier molecular flexibility index (Phi) is 5.38. The van der Waals surface area contributed by atoms with E-state index in [2.05, 4.69) is 20.3 Å². The molecule has 3 rings (SSSR count). The summed E-state index contributed by atoms with van der Waals surface area (Å²) in [6.45, 7) is 3.47. The second-order valence-corrected chi connectivity index (χ2v) is 7.42. The molecule has 1 unspecified atom stereocenters. The summed E-state index contributed by atoms with van der Waals surface area (Å²) in [5, 5.41) is 15.8. The van der Waals surface area contributed by atoms with Crippen LogP contribution in [0.5, 0.6) is 5.75 Å². The second kappa shape index (κ2) is 7.40. The van der Waals surface area contributed by atoms with Crippen molar-refractivity contribution in [1.82, 2.24) is 15.0 Å². The molecule has 2 aromatic heterocycles. The Morgan fingerprint density at radius 2 is 2.00 bits per heavy atom. The van der Waals surface area contributed by atoms with Crippen molar-refractivity contribution in [3.8, 4) is 16.6 Å². The highest BCUT2D eigenvalue weighted by Crippen LogP contribution is 2.37. The van der Waals surface area contributed by atoms with Gasteiger partial charge in [0.2, 0.25) is 5.92 Å². The lowest BCUT2D eigenvalue weighted by Crippen LogP contribution is -2.32. The van der Waals surface area contributed by atoms with Gasteiger partial charge < -0.3 is 15.2 Å². The van der Waals surface area contributed by atoms with Crippen LogP contribution in [0.4, 0.5) is 14.6 Å². The summed E-state index contributed by atoms with van der Waals surface area (Å²) in [5.74, 6) is -1.49. The van der Waals surface area contributed by atoms with Crippen LogP contribution >= 0.6 is 11.3 Å². The Morgan fingerprint density at radius 1 is 1.31 bits per heavy atom. The summed E-state index contributed by atoms with van der Waals surface area (Å²) >= 11 is 1.41. The fourth-order valence-corrected chi connectivity index (χ4v) is 3.71. The summed E-state index contributed by atoms with van der Waals surface area (Å²) in [5.41, 5.74) is 1.20. The molecular weight excluding hydrogens is 362 g/mol. The van der Waals surface area contributed by atoms with Crippen molar-refractivity contribution in [2.75, 3.05) is 12.4 Å². The van der Waals surface area contributed by atoms with Gasteiger partial charge in [0.15, 0.2) is 22.4 Å². The number of nitrogens with zero attached hydrogens (tertiary/aromatic N) is 3. The third-order valence-corrected chi connectivity index (χ3v) is 5.32. The van der Waals surface area contributed by atoms with Crippen LogP contribution in [-0.2, 0) is 0 Å². The van der Waals surface area contributed by atoms with Crippen LogP contribution in [0.25, 0.3) is 10.8 Å². The predicted molar refractivity (Wildman–Crippen MR) is 95.9 cm³/mol. The maximum Gasteiger partial charge on any atom is 0.248 e. The maximum atomic E-state index is 13.4. The number of aliphatic hydroxyl groups is 1. The minimum Gasteiger partial charge on any atom is -0.491 e. The molecule has 0 radical (unpaired) electrons. The topological polar surface area (TPSA) is 80.2 Å². The molecular formula is C17H22F2N4O2S. The van der Waals surface area contributed by atoms with Gasteiger partial charge in [0, 0.05) is 30.0 Å². The molecule has 0 bridgehead atoms. The van der Waals surface area contributed by atoms with Crippen molar-refractivity contribution in [3.63, 3.8) is 0 Å². The summed E-state index contributed by atoms with van der Waals surface area (Å²) in [4.78, 5) is 13.3. The van der Waals surface area contributed by atoms with Gasteiger partial charge in [-0.1, -0.05) is 0 Å². The first-order chi connectivity index (χ1) is 12.3. The van der Waals surface area contributed by atoms with E-state index in [1.807, 2.05) is 12.3 Å². The van der Waals surface area contributed by atoms with Crippen LogP contribution in [0.1, 0.15) is 50.1 Å². The minimum absolute atomic E-state index is 0.133. The average molecular weight is 384 g/mol. The molecule has 0 aromatic carbocycles. The lowest BCUT2D eigenvalue weighted by atomic mass is 9.92. The largest absolute Gasteiger partial charge is 0.491 e. The van der Waals surface area contributed by atoms with Crippen molar-refractivity contribution in [3.05, 3.63) is 16.8 Å². The van der Waals surface area contributed by atoms with Crippen molar-refractivity contribution in [1.29, 1.82) is 0 Å². The van der Waals surface area contributed by atoms with Crippen LogP contribution in [0.15, 0.2) is 5.38 Å². The van der Waals surface area contributed by atoms with Crippen LogP contribution in [-0.4, -0.2) is 39.1 Å². The first kappa shape index (κ1) is 18.9. The molecule has 1 saturated carbocycles. The summed E-state index contributed by atoms with van der Waals surface area (Å²) in [6, 6.07) is -0.133. The van der Waals surface area contributed by atoms with E-state index >= 15 is 0 Å². The van der Waals surface area contributed by atoms with Crippen molar-refractivity contribution >= 4 is 17.2 Å². The Labute approximate surface area is 154 Å². The number of aromatic nitrogens is 3. The summed E-state index contributed by atoms with van der Waals surface area (Å²) in [6.07, 6.45) is -0.491. The van der Waals surface area contributed by atoms with E-state index in [4.69, 9.17) is 4.74 Å². The molecule has 142 valence electrons. The Morgan fingerprint density at radius 3 is 2.54 bits per heavy atom. The van der Waals surface area contributed by atoms with E-state index in [1.54, 1.807) is 6.92 Å². The maximum absolute atomic E-state index is 13.4. The van der Waals surface area contributed by atoms with Gasteiger partial charge in [-0.3, -0.25) is 0 Å². The molecule has 0 spiro atoms. The number of aliphatic hydroxyl groups excluding tert-OH is 1. The number of hydrogen-bond acceptors (Lipinski definition) is 7. The third-order valence-electron chi connectivity index (χ3n) is 4.36.